The van der Waals surface area contributed by atoms with Gasteiger partial charge in [0.15, 0.2) is 0 Å². The van der Waals surface area contributed by atoms with Crippen LogP contribution in [-0.2, 0) is 12.7 Å². The summed E-state index contributed by atoms with van der Waals surface area (Å²) in [5.41, 5.74) is 5.99. The SMILES string of the molecule is Cc1cc(NCc2ccccc2C(F)(F)F)c(N)cc1F. The van der Waals surface area contributed by atoms with Crippen LogP contribution in [-0.4, -0.2) is 0 Å². The quantitative estimate of drug-likeness (QED) is 0.653. The molecule has 2 nitrogen and oxygen atoms in total. The van der Waals surface area contributed by atoms with Gasteiger partial charge >= 0.3 is 6.18 Å². The Hall–Kier alpha value is -2.24. The number of nitrogen functional groups attached to an aromatic ring is 1. The Kier molecular flexibility index (Phi) is 4.06. The van der Waals surface area contributed by atoms with E-state index in [0.717, 1.165) is 12.1 Å². The van der Waals surface area contributed by atoms with Crippen molar-refractivity contribution in [1.82, 2.24) is 0 Å². The lowest BCUT2D eigenvalue weighted by molar-refractivity contribution is -0.138. The van der Waals surface area contributed by atoms with Gasteiger partial charge in [-0.05, 0) is 36.2 Å². The van der Waals surface area contributed by atoms with Crippen molar-refractivity contribution in [2.45, 2.75) is 19.6 Å². The van der Waals surface area contributed by atoms with Gasteiger partial charge in [0.05, 0.1) is 16.9 Å². The van der Waals surface area contributed by atoms with E-state index in [9.17, 15) is 17.6 Å². The summed E-state index contributed by atoms with van der Waals surface area (Å²) in [4.78, 5) is 0. The van der Waals surface area contributed by atoms with Crippen molar-refractivity contribution >= 4 is 11.4 Å². The largest absolute Gasteiger partial charge is 0.416 e. The monoisotopic (exact) mass is 298 g/mol. The van der Waals surface area contributed by atoms with Gasteiger partial charge in [-0.3, -0.25) is 0 Å². The second kappa shape index (κ2) is 5.63. The summed E-state index contributed by atoms with van der Waals surface area (Å²) in [7, 11) is 0. The van der Waals surface area contributed by atoms with Gasteiger partial charge in [0.1, 0.15) is 5.82 Å². The summed E-state index contributed by atoms with van der Waals surface area (Å²) < 4.78 is 51.9. The van der Waals surface area contributed by atoms with Crippen LogP contribution in [0, 0.1) is 12.7 Å². The summed E-state index contributed by atoms with van der Waals surface area (Å²) in [5.74, 6) is -0.450. The van der Waals surface area contributed by atoms with Crippen LogP contribution in [0.4, 0.5) is 28.9 Å². The molecule has 0 aliphatic heterocycles. The van der Waals surface area contributed by atoms with Gasteiger partial charge in [-0.1, -0.05) is 18.2 Å². The fourth-order valence-electron chi connectivity index (χ4n) is 1.99. The lowest BCUT2D eigenvalue weighted by atomic mass is 10.1. The van der Waals surface area contributed by atoms with Crippen LogP contribution in [0.15, 0.2) is 36.4 Å². The molecule has 0 amide bonds. The van der Waals surface area contributed by atoms with Crippen LogP contribution >= 0.6 is 0 Å². The highest BCUT2D eigenvalue weighted by Gasteiger charge is 2.32. The zero-order valence-corrected chi connectivity index (χ0v) is 11.3. The Morgan fingerprint density at radius 1 is 1.14 bits per heavy atom. The number of benzene rings is 2. The lowest BCUT2D eigenvalue weighted by Gasteiger charge is -2.15. The highest BCUT2D eigenvalue weighted by atomic mass is 19.4. The Bertz CT molecular complexity index is 651. The summed E-state index contributed by atoms with van der Waals surface area (Å²) in [6.45, 7) is 1.51. The van der Waals surface area contributed by atoms with E-state index in [1.165, 1.54) is 24.3 Å². The third kappa shape index (κ3) is 3.45. The molecule has 0 atom stereocenters. The van der Waals surface area contributed by atoms with Crippen molar-refractivity contribution in [2.24, 2.45) is 0 Å². The number of anilines is 2. The topological polar surface area (TPSA) is 38.0 Å². The molecule has 6 heteroatoms. The molecule has 3 N–H and O–H groups in total. The minimum absolute atomic E-state index is 0.0506. The predicted octanol–water partition coefficient (Wildman–Crippen LogP) is 4.35. The molecule has 0 saturated carbocycles. The van der Waals surface area contributed by atoms with E-state index < -0.39 is 17.6 Å². The van der Waals surface area contributed by atoms with Gasteiger partial charge in [0, 0.05) is 6.54 Å². The van der Waals surface area contributed by atoms with Crippen molar-refractivity contribution in [3.8, 4) is 0 Å². The first-order valence-corrected chi connectivity index (χ1v) is 6.23. The van der Waals surface area contributed by atoms with Crippen LogP contribution in [0.5, 0.6) is 0 Å². The molecule has 0 aliphatic carbocycles. The van der Waals surface area contributed by atoms with Gasteiger partial charge in [-0.2, -0.15) is 13.2 Å². The first kappa shape index (κ1) is 15.2. The Morgan fingerprint density at radius 2 is 1.81 bits per heavy atom. The molecule has 0 bridgehead atoms. The number of nitrogens with two attached hydrogens (primary N) is 1. The average molecular weight is 298 g/mol. The summed E-state index contributed by atoms with van der Waals surface area (Å²) in [5, 5.41) is 2.82. The molecular formula is C15H14F4N2. The maximum absolute atomic E-state index is 13.3. The normalized spacial score (nSPS) is 11.5. The third-order valence-electron chi connectivity index (χ3n) is 3.12. The number of hydrogen-bond donors (Lipinski definition) is 2. The van der Waals surface area contributed by atoms with Crippen molar-refractivity contribution in [3.63, 3.8) is 0 Å². The number of rotatable bonds is 3. The van der Waals surface area contributed by atoms with Crippen molar-refractivity contribution in [1.29, 1.82) is 0 Å². The molecule has 0 heterocycles. The maximum atomic E-state index is 13.3. The van der Waals surface area contributed by atoms with Crippen molar-refractivity contribution in [3.05, 3.63) is 58.9 Å². The molecule has 2 rings (SSSR count). The van der Waals surface area contributed by atoms with E-state index in [1.807, 2.05) is 0 Å². The average Bonchev–Trinajstić information content (AvgIpc) is 2.41. The molecule has 0 unspecified atom stereocenters. The maximum Gasteiger partial charge on any atom is 0.416 e. The number of nitrogens with one attached hydrogen (secondary N) is 1. The van der Waals surface area contributed by atoms with Gasteiger partial charge in [0.25, 0.3) is 0 Å². The molecule has 0 aliphatic rings. The first-order chi connectivity index (χ1) is 9.79. The standard InChI is InChI=1S/C15H14F4N2/c1-9-6-14(13(20)7-12(9)16)21-8-10-4-2-3-5-11(10)15(17,18)19/h2-7,21H,8,20H2,1H3. The van der Waals surface area contributed by atoms with E-state index >= 15 is 0 Å². The third-order valence-corrected chi connectivity index (χ3v) is 3.12. The van der Waals surface area contributed by atoms with Crippen LogP contribution in [0.25, 0.3) is 0 Å². The summed E-state index contributed by atoms with van der Waals surface area (Å²) in [6.07, 6.45) is -4.41. The molecule has 0 saturated heterocycles. The molecule has 0 fully saturated rings. The Morgan fingerprint density at radius 3 is 2.48 bits per heavy atom. The Labute approximate surface area is 119 Å². The number of alkyl halides is 3. The van der Waals surface area contributed by atoms with Crippen molar-refractivity contribution < 1.29 is 17.6 Å². The number of halogens is 4. The lowest BCUT2D eigenvalue weighted by Crippen LogP contribution is -2.12. The molecule has 2 aromatic rings. The van der Waals surface area contributed by atoms with Gasteiger partial charge in [-0.15, -0.1) is 0 Å². The predicted molar refractivity (Wildman–Crippen MR) is 74.3 cm³/mol. The number of aryl methyl sites for hydroxylation is 1. The minimum atomic E-state index is -4.41. The molecule has 0 spiro atoms. The van der Waals surface area contributed by atoms with Crippen LogP contribution < -0.4 is 11.1 Å². The van der Waals surface area contributed by atoms with E-state index in [1.54, 1.807) is 6.92 Å². The van der Waals surface area contributed by atoms with Crippen LogP contribution in [0.2, 0.25) is 0 Å². The van der Waals surface area contributed by atoms with E-state index in [-0.39, 0.29) is 17.8 Å². The number of hydrogen-bond acceptors (Lipinski definition) is 2. The second-order valence-corrected chi connectivity index (χ2v) is 4.70. The fourth-order valence-corrected chi connectivity index (χ4v) is 1.99. The molecule has 21 heavy (non-hydrogen) atoms. The smallest absolute Gasteiger partial charge is 0.397 e. The summed E-state index contributed by atoms with van der Waals surface area (Å²) in [6, 6.07) is 7.90. The fraction of sp³-hybridized carbons (Fsp3) is 0.200. The minimum Gasteiger partial charge on any atom is -0.397 e. The highest BCUT2D eigenvalue weighted by molar-refractivity contribution is 5.67. The van der Waals surface area contributed by atoms with Gasteiger partial charge in [0.2, 0.25) is 0 Å². The van der Waals surface area contributed by atoms with E-state index in [4.69, 9.17) is 5.73 Å². The summed E-state index contributed by atoms with van der Waals surface area (Å²) >= 11 is 0. The molecule has 2 aromatic carbocycles. The molecule has 0 radical (unpaired) electrons. The highest BCUT2D eigenvalue weighted by Crippen LogP contribution is 2.32. The molecule has 0 aromatic heterocycles. The van der Waals surface area contributed by atoms with Crippen LogP contribution in [0.3, 0.4) is 0 Å². The first-order valence-electron chi connectivity index (χ1n) is 6.23. The van der Waals surface area contributed by atoms with Gasteiger partial charge in [-0.25, -0.2) is 4.39 Å². The van der Waals surface area contributed by atoms with Gasteiger partial charge < -0.3 is 11.1 Å². The Balaban J connectivity index is 2.23. The molecule has 112 valence electrons. The zero-order chi connectivity index (χ0) is 15.6. The second-order valence-electron chi connectivity index (χ2n) is 4.70. The van der Waals surface area contributed by atoms with Crippen LogP contribution in [0.1, 0.15) is 16.7 Å². The zero-order valence-electron chi connectivity index (χ0n) is 11.3. The van der Waals surface area contributed by atoms with E-state index in [0.29, 0.717) is 11.3 Å². The molecular weight excluding hydrogens is 284 g/mol. The van der Waals surface area contributed by atoms with Crippen molar-refractivity contribution in [2.75, 3.05) is 11.1 Å². The van der Waals surface area contributed by atoms with E-state index in [2.05, 4.69) is 5.32 Å².